The molecule has 2 aliphatic rings. The Balaban J connectivity index is 1.34. The van der Waals surface area contributed by atoms with Crippen LogP contribution in [0.3, 0.4) is 0 Å². The first kappa shape index (κ1) is 28.9. The third-order valence-electron chi connectivity index (χ3n) is 9.25. The average Bonchev–Trinajstić information content (AvgIpc) is 3.26. The van der Waals surface area contributed by atoms with Crippen LogP contribution in [0.1, 0.15) is 115 Å². The number of fused-ring (bicyclic) bond motifs is 3. The number of rotatable bonds is 11. The van der Waals surface area contributed by atoms with Crippen molar-refractivity contribution in [2.75, 3.05) is 6.61 Å². The largest absolute Gasteiger partial charge is 0.465 e. The number of hydrogen-bond acceptors (Lipinski definition) is 2. The summed E-state index contributed by atoms with van der Waals surface area (Å²) in [4.78, 5) is 0. The van der Waals surface area contributed by atoms with Gasteiger partial charge in [0.05, 0.1) is 6.61 Å². The average molecular weight is 539 g/mol. The predicted molar refractivity (Wildman–Crippen MR) is 168 cm³/mol. The minimum absolute atomic E-state index is 0.223. The van der Waals surface area contributed by atoms with Crippen molar-refractivity contribution in [2.24, 2.45) is 17.3 Å². The van der Waals surface area contributed by atoms with Gasteiger partial charge in [-0.25, -0.2) is 0 Å². The van der Waals surface area contributed by atoms with Crippen molar-refractivity contribution in [3.8, 4) is 16.9 Å². The molecule has 5 rings (SSSR count). The van der Waals surface area contributed by atoms with Crippen molar-refractivity contribution >= 4 is 0 Å². The number of hydrogen-bond donors (Lipinski definition) is 0. The van der Waals surface area contributed by atoms with Gasteiger partial charge in [-0.15, -0.1) is 0 Å². The van der Waals surface area contributed by atoms with E-state index in [1.54, 1.807) is 0 Å². The third-order valence-corrected chi connectivity index (χ3v) is 9.25. The maximum absolute atomic E-state index is 6.68. The molecule has 2 heteroatoms. The minimum atomic E-state index is -0.285. The molecule has 2 aliphatic carbocycles. The Kier molecular flexibility index (Phi) is 9.36. The Morgan fingerprint density at radius 3 is 1.95 bits per heavy atom. The van der Waals surface area contributed by atoms with Crippen molar-refractivity contribution in [1.29, 1.82) is 0 Å². The highest BCUT2D eigenvalue weighted by atomic mass is 16.7. The van der Waals surface area contributed by atoms with Crippen molar-refractivity contribution in [3.63, 3.8) is 0 Å². The summed E-state index contributed by atoms with van der Waals surface area (Å²) in [6.07, 6.45) is 9.71. The first-order chi connectivity index (χ1) is 19.3. The summed E-state index contributed by atoms with van der Waals surface area (Å²) in [5, 5.41) is 0. The van der Waals surface area contributed by atoms with Gasteiger partial charge in [-0.3, -0.25) is 0 Å². The van der Waals surface area contributed by atoms with Crippen LogP contribution in [-0.2, 0) is 4.74 Å². The molecule has 2 atom stereocenters. The Bertz CT molecular complexity index is 1170. The van der Waals surface area contributed by atoms with Crippen molar-refractivity contribution in [1.82, 2.24) is 0 Å². The van der Waals surface area contributed by atoms with Gasteiger partial charge < -0.3 is 9.47 Å². The summed E-state index contributed by atoms with van der Waals surface area (Å²) in [7, 11) is 0. The van der Waals surface area contributed by atoms with Gasteiger partial charge in [0.1, 0.15) is 5.75 Å². The van der Waals surface area contributed by atoms with E-state index in [1.807, 2.05) is 0 Å². The molecule has 1 fully saturated rings. The monoisotopic (exact) mass is 538 g/mol. The minimum Gasteiger partial charge on any atom is -0.465 e. The van der Waals surface area contributed by atoms with Crippen LogP contribution in [0.15, 0.2) is 72.8 Å². The molecule has 0 amide bonds. The van der Waals surface area contributed by atoms with Gasteiger partial charge in [-0.05, 0) is 76.0 Å². The zero-order valence-corrected chi connectivity index (χ0v) is 25.5. The van der Waals surface area contributed by atoms with Gasteiger partial charge in [-0.1, -0.05) is 127 Å². The van der Waals surface area contributed by atoms with Gasteiger partial charge in [0.2, 0.25) is 6.29 Å². The fraction of sp³-hybridized carbons (Fsp3) is 0.526. The predicted octanol–water partition coefficient (Wildman–Crippen LogP) is 10.8. The Labute approximate surface area is 243 Å². The second-order valence-electron chi connectivity index (χ2n) is 13.8. The van der Waals surface area contributed by atoms with Crippen LogP contribution in [0.25, 0.3) is 11.1 Å². The molecular weight excluding hydrogens is 488 g/mol. The molecule has 0 radical (unpaired) electrons. The van der Waals surface area contributed by atoms with E-state index in [0.717, 1.165) is 31.1 Å². The summed E-state index contributed by atoms with van der Waals surface area (Å²) in [6.45, 7) is 12.5. The fourth-order valence-electron chi connectivity index (χ4n) is 7.09. The fourth-order valence-corrected chi connectivity index (χ4v) is 7.09. The van der Waals surface area contributed by atoms with E-state index in [2.05, 4.69) is 107 Å². The summed E-state index contributed by atoms with van der Waals surface area (Å²) in [5.74, 6) is 3.18. The highest BCUT2D eigenvalue weighted by Gasteiger charge is 2.32. The van der Waals surface area contributed by atoms with Crippen LogP contribution < -0.4 is 4.74 Å². The zero-order valence-electron chi connectivity index (χ0n) is 25.5. The molecule has 0 bridgehead atoms. The highest BCUT2D eigenvalue weighted by Crippen LogP contribution is 2.47. The molecule has 1 saturated carbocycles. The Morgan fingerprint density at radius 1 is 0.775 bits per heavy atom. The second kappa shape index (κ2) is 12.9. The first-order valence-electron chi connectivity index (χ1n) is 15.9. The molecule has 0 saturated heterocycles. The summed E-state index contributed by atoms with van der Waals surface area (Å²) in [5.41, 5.74) is 7.12. The molecule has 3 aromatic rings. The van der Waals surface area contributed by atoms with Crippen LogP contribution in [-0.4, -0.2) is 12.9 Å². The topological polar surface area (TPSA) is 18.5 Å². The van der Waals surface area contributed by atoms with Crippen LogP contribution in [0, 0.1) is 17.3 Å². The van der Waals surface area contributed by atoms with E-state index in [-0.39, 0.29) is 17.6 Å². The molecule has 40 heavy (non-hydrogen) atoms. The van der Waals surface area contributed by atoms with Crippen LogP contribution in [0.2, 0.25) is 0 Å². The molecule has 2 nitrogen and oxygen atoms in total. The van der Waals surface area contributed by atoms with Gasteiger partial charge >= 0.3 is 0 Å². The Hall–Kier alpha value is -2.58. The highest BCUT2D eigenvalue weighted by molar-refractivity contribution is 5.78. The molecular formula is C38H50O2. The number of ether oxygens (including phenoxy) is 2. The normalized spacial score (nSPS) is 17.4. The zero-order chi connectivity index (χ0) is 28.1. The molecule has 0 aromatic heterocycles. The quantitative estimate of drug-likeness (QED) is 0.226. The summed E-state index contributed by atoms with van der Waals surface area (Å²) < 4.78 is 13.3. The lowest BCUT2D eigenvalue weighted by Gasteiger charge is -2.33. The summed E-state index contributed by atoms with van der Waals surface area (Å²) in [6, 6.07) is 26.6. The molecule has 0 N–H and O–H groups in total. The van der Waals surface area contributed by atoms with Crippen LogP contribution in [0.4, 0.5) is 0 Å². The van der Waals surface area contributed by atoms with E-state index >= 15 is 0 Å². The van der Waals surface area contributed by atoms with E-state index < -0.39 is 0 Å². The van der Waals surface area contributed by atoms with E-state index in [4.69, 9.17) is 9.47 Å². The second-order valence-corrected chi connectivity index (χ2v) is 13.8. The maximum Gasteiger partial charge on any atom is 0.200 e. The van der Waals surface area contributed by atoms with Gasteiger partial charge in [-0.2, -0.15) is 0 Å². The lowest BCUT2D eigenvalue weighted by Crippen LogP contribution is -2.25. The molecule has 0 aliphatic heterocycles. The SMILES string of the molecule is CC(C)CC(c1ccc(OC(CC2c3ccccc3-c3ccccc32)OCCC2CCCCC2)cc1)C(C)(C)C. The van der Waals surface area contributed by atoms with Crippen molar-refractivity contribution in [2.45, 2.75) is 104 Å². The van der Waals surface area contributed by atoms with E-state index in [1.165, 1.54) is 66.3 Å². The standard InChI is InChI=1S/C38H50O2/c1-27(2)25-36(38(3,4)5)29-19-21-30(22-20-29)40-37(39-24-23-28-13-7-6-8-14-28)26-35-33-17-11-9-15-31(33)32-16-10-12-18-34(32)35/h9-12,15-22,27-28,35-37H,6-8,13-14,23-26H2,1-5H3. The molecule has 0 heterocycles. The smallest absolute Gasteiger partial charge is 0.200 e. The molecule has 2 unspecified atom stereocenters. The molecule has 0 spiro atoms. The Morgan fingerprint density at radius 2 is 1.38 bits per heavy atom. The van der Waals surface area contributed by atoms with Gasteiger partial charge in [0, 0.05) is 12.3 Å². The first-order valence-corrected chi connectivity index (χ1v) is 15.9. The van der Waals surface area contributed by atoms with Gasteiger partial charge in [0.15, 0.2) is 0 Å². The number of benzene rings is 3. The van der Waals surface area contributed by atoms with E-state index in [9.17, 15) is 0 Å². The lowest BCUT2D eigenvalue weighted by molar-refractivity contribution is -0.0902. The van der Waals surface area contributed by atoms with Gasteiger partial charge in [0.25, 0.3) is 0 Å². The summed E-state index contributed by atoms with van der Waals surface area (Å²) >= 11 is 0. The van der Waals surface area contributed by atoms with Crippen molar-refractivity contribution < 1.29 is 9.47 Å². The molecule has 214 valence electrons. The third kappa shape index (κ3) is 7.00. The van der Waals surface area contributed by atoms with E-state index in [0.29, 0.717) is 11.8 Å². The maximum atomic E-state index is 6.68. The lowest BCUT2D eigenvalue weighted by atomic mass is 9.72. The molecule has 3 aromatic carbocycles. The van der Waals surface area contributed by atoms with Crippen LogP contribution >= 0.6 is 0 Å². The van der Waals surface area contributed by atoms with Crippen molar-refractivity contribution in [3.05, 3.63) is 89.5 Å². The van der Waals surface area contributed by atoms with Crippen LogP contribution in [0.5, 0.6) is 5.75 Å².